The largest absolute Gasteiger partial charge is 0.469 e. The number of carbonyl (C=O) groups is 2. The molecule has 3 heterocycles. The molecule has 1 saturated heterocycles. The second kappa shape index (κ2) is 11.0. The molecule has 2 aliphatic rings. The van der Waals surface area contributed by atoms with Gasteiger partial charge < -0.3 is 19.9 Å². The molecule has 28 heavy (non-hydrogen) atoms. The second-order valence-corrected chi connectivity index (χ2v) is 7.94. The van der Waals surface area contributed by atoms with Gasteiger partial charge >= 0.3 is 5.97 Å². The Labute approximate surface area is 187 Å². The van der Waals surface area contributed by atoms with Gasteiger partial charge in [-0.05, 0) is 36.3 Å². The molecule has 0 aliphatic carbocycles. The number of esters is 1. The summed E-state index contributed by atoms with van der Waals surface area (Å²) in [6.45, 7) is 3.63. The maximum Gasteiger partial charge on any atom is 0.308 e. The molecule has 2 aliphatic heterocycles. The predicted molar refractivity (Wildman–Crippen MR) is 121 cm³/mol. The molecule has 7 nitrogen and oxygen atoms in total. The molecule has 3 rings (SSSR count). The van der Waals surface area contributed by atoms with Crippen LogP contribution in [0.3, 0.4) is 0 Å². The highest BCUT2D eigenvalue weighted by atomic mass is 127. The molecular weight excluding hydrogens is 491 g/mol. The first-order valence-corrected chi connectivity index (χ1v) is 10.4. The van der Waals surface area contributed by atoms with Crippen LogP contribution in [0.5, 0.6) is 0 Å². The van der Waals surface area contributed by atoms with Crippen molar-refractivity contribution in [3.05, 3.63) is 21.9 Å². The van der Waals surface area contributed by atoms with E-state index >= 15 is 0 Å². The van der Waals surface area contributed by atoms with Crippen molar-refractivity contribution in [2.75, 3.05) is 40.3 Å². The standard InChI is InChI=1S/C19H28N4O3S.HI/c1-20-19(22-9-4-14(5-10-22)18(25)26-2)21-8-3-17(24)23-11-6-16-15(13-23)7-12-27-16;/h7,12,14H,3-6,8-11,13H2,1-2H3,(H,20,21);1H. The van der Waals surface area contributed by atoms with E-state index in [9.17, 15) is 9.59 Å². The van der Waals surface area contributed by atoms with Crippen LogP contribution in [-0.2, 0) is 27.3 Å². The summed E-state index contributed by atoms with van der Waals surface area (Å²) in [7, 11) is 3.19. The van der Waals surface area contributed by atoms with Crippen molar-refractivity contribution in [1.29, 1.82) is 0 Å². The molecule has 0 atom stereocenters. The van der Waals surface area contributed by atoms with Crippen molar-refractivity contribution in [3.63, 3.8) is 0 Å². The van der Waals surface area contributed by atoms with Crippen molar-refractivity contribution in [3.8, 4) is 0 Å². The number of likely N-dealkylation sites (tertiary alicyclic amines) is 1. The van der Waals surface area contributed by atoms with Gasteiger partial charge in [-0.25, -0.2) is 0 Å². The van der Waals surface area contributed by atoms with Crippen LogP contribution in [-0.4, -0.2) is 68.0 Å². The molecule has 1 amide bonds. The van der Waals surface area contributed by atoms with Gasteiger partial charge in [-0.3, -0.25) is 14.6 Å². The van der Waals surface area contributed by atoms with Crippen LogP contribution in [0.15, 0.2) is 16.4 Å². The van der Waals surface area contributed by atoms with E-state index in [2.05, 4.69) is 26.7 Å². The first kappa shape index (κ1) is 22.9. The van der Waals surface area contributed by atoms with Gasteiger partial charge in [0.25, 0.3) is 0 Å². The summed E-state index contributed by atoms with van der Waals surface area (Å²) >= 11 is 1.78. The highest BCUT2D eigenvalue weighted by Gasteiger charge is 2.27. The quantitative estimate of drug-likeness (QED) is 0.285. The molecule has 0 saturated carbocycles. The molecule has 0 unspecified atom stereocenters. The fraction of sp³-hybridized carbons (Fsp3) is 0.632. The lowest BCUT2D eigenvalue weighted by molar-refractivity contribution is -0.146. The van der Waals surface area contributed by atoms with Gasteiger partial charge in [0.15, 0.2) is 5.96 Å². The van der Waals surface area contributed by atoms with E-state index in [1.54, 1.807) is 18.4 Å². The van der Waals surface area contributed by atoms with Crippen LogP contribution >= 0.6 is 35.3 Å². The summed E-state index contributed by atoms with van der Waals surface area (Å²) < 4.78 is 4.83. The summed E-state index contributed by atoms with van der Waals surface area (Å²) in [5.74, 6) is 0.828. The number of halogens is 1. The molecule has 0 spiro atoms. The number of carbonyl (C=O) groups excluding carboxylic acids is 2. The number of fused-ring (bicyclic) bond motifs is 1. The van der Waals surface area contributed by atoms with E-state index in [0.29, 0.717) is 13.0 Å². The Balaban J connectivity index is 0.00000280. The molecule has 1 aromatic heterocycles. The predicted octanol–water partition coefficient (Wildman–Crippen LogP) is 2.10. The summed E-state index contributed by atoms with van der Waals surface area (Å²) in [5.41, 5.74) is 1.29. The molecule has 1 aromatic rings. The summed E-state index contributed by atoms with van der Waals surface area (Å²) in [6, 6.07) is 2.12. The highest BCUT2D eigenvalue weighted by molar-refractivity contribution is 14.0. The smallest absolute Gasteiger partial charge is 0.308 e. The van der Waals surface area contributed by atoms with E-state index in [1.807, 2.05) is 4.90 Å². The number of aliphatic imine (C=N–C) groups is 1. The number of guanidine groups is 1. The fourth-order valence-electron chi connectivity index (χ4n) is 3.73. The molecule has 0 aromatic carbocycles. The molecular formula is C19H29IN4O3S. The zero-order valence-corrected chi connectivity index (χ0v) is 19.6. The fourth-order valence-corrected chi connectivity index (χ4v) is 4.62. The van der Waals surface area contributed by atoms with Crippen LogP contribution in [0, 0.1) is 5.92 Å². The van der Waals surface area contributed by atoms with Gasteiger partial charge in [0.1, 0.15) is 0 Å². The first-order chi connectivity index (χ1) is 13.1. The highest BCUT2D eigenvalue weighted by Crippen LogP contribution is 2.24. The number of piperidine rings is 1. The Hall–Kier alpha value is -1.36. The number of methoxy groups -OCH3 is 1. The third-order valence-corrected chi connectivity index (χ3v) is 6.35. The van der Waals surface area contributed by atoms with E-state index < -0.39 is 0 Å². The van der Waals surface area contributed by atoms with Crippen LogP contribution < -0.4 is 5.32 Å². The minimum atomic E-state index is -0.126. The Morgan fingerprint density at radius 1 is 1.29 bits per heavy atom. The maximum absolute atomic E-state index is 12.5. The molecule has 0 radical (unpaired) electrons. The van der Waals surface area contributed by atoms with Gasteiger partial charge in [-0.15, -0.1) is 35.3 Å². The molecule has 1 fully saturated rings. The molecule has 9 heteroatoms. The van der Waals surface area contributed by atoms with Crippen LogP contribution in [0.4, 0.5) is 0 Å². The van der Waals surface area contributed by atoms with Crippen molar-refractivity contribution in [2.45, 2.75) is 32.2 Å². The molecule has 0 bridgehead atoms. The summed E-state index contributed by atoms with van der Waals surface area (Å²) in [4.78, 5) is 34.0. The van der Waals surface area contributed by atoms with Crippen LogP contribution in [0.1, 0.15) is 29.7 Å². The minimum absolute atomic E-state index is 0. The first-order valence-electron chi connectivity index (χ1n) is 9.48. The zero-order chi connectivity index (χ0) is 19.2. The van der Waals surface area contributed by atoms with Crippen molar-refractivity contribution in [2.24, 2.45) is 10.9 Å². The average Bonchev–Trinajstić information content (AvgIpc) is 3.18. The Morgan fingerprint density at radius 2 is 2.04 bits per heavy atom. The van der Waals surface area contributed by atoms with Crippen molar-refractivity contribution >= 4 is 53.1 Å². The van der Waals surface area contributed by atoms with Gasteiger partial charge in [0.05, 0.1) is 13.0 Å². The van der Waals surface area contributed by atoms with Gasteiger partial charge in [0.2, 0.25) is 5.91 Å². The third kappa shape index (κ3) is 5.59. The molecule has 156 valence electrons. The number of ether oxygens (including phenoxy) is 1. The number of hydrogen-bond acceptors (Lipinski definition) is 5. The SMILES string of the molecule is CN=C(NCCC(=O)N1CCc2sccc2C1)N1CCC(C(=O)OC)CC1.I. The topological polar surface area (TPSA) is 74.2 Å². The minimum Gasteiger partial charge on any atom is -0.469 e. The lowest BCUT2D eigenvalue weighted by atomic mass is 9.97. The van der Waals surface area contributed by atoms with Crippen LogP contribution in [0.25, 0.3) is 0 Å². The van der Waals surface area contributed by atoms with E-state index in [-0.39, 0.29) is 41.8 Å². The number of nitrogens with zero attached hydrogens (tertiary/aromatic N) is 3. The van der Waals surface area contributed by atoms with E-state index in [1.165, 1.54) is 17.6 Å². The number of nitrogens with one attached hydrogen (secondary N) is 1. The zero-order valence-electron chi connectivity index (χ0n) is 16.5. The van der Waals surface area contributed by atoms with Gasteiger partial charge in [-0.2, -0.15) is 0 Å². The van der Waals surface area contributed by atoms with Crippen LogP contribution in [0.2, 0.25) is 0 Å². The van der Waals surface area contributed by atoms with E-state index in [0.717, 1.165) is 51.4 Å². The van der Waals surface area contributed by atoms with Crippen molar-refractivity contribution < 1.29 is 14.3 Å². The summed E-state index contributed by atoms with van der Waals surface area (Å²) in [5, 5.41) is 5.40. The van der Waals surface area contributed by atoms with Gasteiger partial charge in [0, 0.05) is 51.1 Å². The second-order valence-electron chi connectivity index (χ2n) is 6.94. The lowest BCUT2D eigenvalue weighted by Gasteiger charge is -2.33. The molecule has 1 N–H and O–H groups in total. The number of rotatable bonds is 4. The average molecular weight is 520 g/mol. The Morgan fingerprint density at radius 3 is 2.71 bits per heavy atom. The Bertz CT molecular complexity index is 701. The van der Waals surface area contributed by atoms with Gasteiger partial charge in [-0.1, -0.05) is 0 Å². The number of hydrogen-bond donors (Lipinski definition) is 1. The van der Waals surface area contributed by atoms with E-state index in [4.69, 9.17) is 4.74 Å². The van der Waals surface area contributed by atoms with Crippen molar-refractivity contribution in [1.82, 2.24) is 15.1 Å². The number of amides is 1. The Kier molecular flexibility index (Phi) is 9.00. The maximum atomic E-state index is 12.5. The monoisotopic (exact) mass is 520 g/mol. The summed E-state index contributed by atoms with van der Waals surface area (Å²) in [6.07, 6.45) is 2.95. The third-order valence-electron chi connectivity index (χ3n) is 5.32. The normalized spacial score (nSPS) is 17.6. The number of thiophene rings is 1. The lowest BCUT2D eigenvalue weighted by Crippen LogP contribution is -2.47.